The van der Waals surface area contributed by atoms with Gasteiger partial charge in [-0.2, -0.15) is 9.29 Å². The lowest BCUT2D eigenvalue weighted by atomic mass is 10.1. The van der Waals surface area contributed by atoms with Crippen LogP contribution in [-0.4, -0.2) is 70.9 Å². The summed E-state index contributed by atoms with van der Waals surface area (Å²) < 4.78 is 28.8. The third-order valence-electron chi connectivity index (χ3n) is 7.33. The first-order valence-corrected chi connectivity index (χ1v) is 14.0. The van der Waals surface area contributed by atoms with Gasteiger partial charge < -0.3 is 5.32 Å². The van der Waals surface area contributed by atoms with Crippen molar-refractivity contribution in [1.82, 2.24) is 23.7 Å². The van der Waals surface area contributed by atoms with Gasteiger partial charge in [-0.15, -0.1) is 0 Å². The van der Waals surface area contributed by atoms with Gasteiger partial charge in [-0.05, 0) is 57.7 Å². The second kappa shape index (κ2) is 10.1. The lowest BCUT2D eigenvalue weighted by Gasteiger charge is -2.30. The highest BCUT2D eigenvalue weighted by Gasteiger charge is 2.27. The van der Waals surface area contributed by atoms with Gasteiger partial charge in [0.25, 0.3) is 5.56 Å². The highest BCUT2D eigenvalue weighted by Crippen LogP contribution is 2.30. The fraction of sp³-hybridized carbons (Fsp3) is 0.625. The Kier molecular flexibility index (Phi) is 6.99. The number of hydrogen-bond acceptors (Lipinski definition) is 7. The van der Waals surface area contributed by atoms with Crippen LogP contribution in [-0.2, 0) is 10.0 Å². The maximum atomic E-state index is 12.7. The number of pyridine rings is 1. The van der Waals surface area contributed by atoms with Crippen LogP contribution in [0.3, 0.4) is 0 Å². The number of aromatic nitrogens is 3. The van der Waals surface area contributed by atoms with Crippen molar-refractivity contribution in [1.29, 1.82) is 0 Å². The van der Waals surface area contributed by atoms with E-state index in [2.05, 4.69) is 15.2 Å². The van der Waals surface area contributed by atoms with Crippen LogP contribution < -0.4 is 10.9 Å². The largest absolute Gasteiger partial charge is 0.351 e. The van der Waals surface area contributed by atoms with Crippen LogP contribution in [0.1, 0.15) is 57.4 Å². The normalized spacial score (nSPS) is 21.8. The van der Waals surface area contributed by atoms with E-state index in [1.54, 1.807) is 28.7 Å². The van der Waals surface area contributed by atoms with Crippen molar-refractivity contribution in [3.63, 3.8) is 0 Å². The van der Waals surface area contributed by atoms with Crippen LogP contribution in [0.4, 0.5) is 5.95 Å². The van der Waals surface area contributed by atoms with Crippen molar-refractivity contribution in [2.45, 2.75) is 63.5 Å². The zero-order valence-electron chi connectivity index (χ0n) is 19.6. The summed E-state index contributed by atoms with van der Waals surface area (Å²) in [5.41, 5.74) is 0.667. The standard InChI is InChI=1S/C24H34N6O3S/c31-22-9-8-19-18-25-24(27-23(19)30(22)21-6-1-2-7-21)26-20-10-15-29(16-11-20)34(32,33)17-5-14-28-12-3-4-13-28/h5,8-9,17-18,20-21H,1-4,6-7,10-16H2,(H,25,26,27)/b17-5+. The Morgan fingerprint density at radius 3 is 2.47 bits per heavy atom. The zero-order chi connectivity index (χ0) is 23.5. The van der Waals surface area contributed by atoms with Crippen LogP contribution >= 0.6 is 0 Å². The number of likely N-dealkylation sites (tertiary alicyclic amines) is 1. The molecule has 0 amide bonds. The molecule has 0 bridgehead atoms. The third kappa shape index (κ3) is 5.18. The van der Waals surface area contributed by atoms with Gasteiger partial charge in [0.15, 0.2) is 0 Å². The smallest absolute Gasteiger partial charge is 0.252 e. The third-order valence-corrected chi connectivity index (χ3v) is 8.96. The molecule has 0 atom stereocenters. The Morgan fingerprint density at radius 2 is 1.74 bits per heavy atom. The Labute approximate surface area is 200 Å². The van der Waals surface area contributed by atoms with Gasteiger partial charge >= 0.3 is 0 Å². The molecular weight excluding hydrogens is 452 g/mol. The zero-order valence-corrected chi connectivity index (χ0v) is 20.4. The summed E-state index contributed by atoms with van der Waals surface area (Å²) in [7, 11) is -3.39. The minimum absolute atomic E-state index is 0.0136. The first-order chi connectivity index (χ1) is 16.5. The predicted molar refractivity (Wildman–Crippen MR) is 133 cm³/mol. The van der Waals surface area contributed by atoms with Crippen molar-refractivity contribution in [3.05, 3.63) is 40.2 Å². The predicted octanol–water partition coefficient (Wildman–Crippen LogP) is 2.72. The van der Waals surface area contributed by atoms with Crippen LogP contribution in [0.5, 0.6) is 0 Å². The van der Waals surface area contributed by atoms with E-state index in [1.165, 1.54) is 18.2 Å². The summed E-state index contributed by atoms with van der Waals surface area (Å²) in [6.45, 7) is 3.73. The van der Waals surface area contributed by atoms with Crippen LogP contribution in [0.15, 0.2) is 34.6 Å². The topological polar surface area (TPSA) is 100 Å². The van der Waals surface area contributed by atoms with Crippen molar-refractivity contribution in [2.75, 3.05) is 38.0 Å². The summed E-state index contributed by atoms with van der Waals surface area (Å²) in [4.78, 5) is 24.1. The highest BCUT2D eigenvalue weighted by atomic mass is 32.2. The van der Waals surface area contributed by atoms with Crippen molar-refractivity contribution in [3.8, 4) is 0 Å². The van der Waals surface area contributed by atoms with E-state index in [0.717, 1.165) is 44.2 Å². The molecule has 2 aliphatic heterocycles. The summed E-state index contributed by atoms with van der Waals surface area (Å²) in [6.07, 6.45) is 11.6. The number of hydrogen-bond donors (Lipinski definition) is 1. The molecule has 1 aliphatic carbocycles. The molecule has 5 rings (SSSR count). The highest BCUT2D eigenvalue weighted by molar-refractivity contribution is 7.92. The number of rotatable bonds is 7. The molecule has 3 aliphatic rings. The molecule has 0 spiro atoms. The molecule has 2 aromatic heterocycles. The maximum absolute atomic E-state index is 12.7. The summed E-state index contributed by atoms with van der Waals surface area (Å²) in [5, 5.41) is 5.61. The van der Waals surface area contributed by atoms with Crippen LogP contribution in [0, 0.1) is 0 Å². The number of sulfonamides is 1. The fourth-order valence-electron chi connectivity index (χ4n) is 5.43. The second-order valence-electron chi connectivity index (χ2n) is 9.69. The average Bonchev–Trinajstić information content (AvgIpc) is 3.54. The molecule has 184 valence electrons. The number of nitrogens with one attached hydrogen (secondary N) is 1. The Balaban J connectivity index is 1.22. The van der Waals surface area contributed by atoms with Crippen molar-refractivity contribution >= 4 is 27.0 Å². The molecular formula is C24H34N6O3S. The van der Waals surface area contributed by atoms with E-state index in [4.69, 9.17) is 4.98 Å². The van der Waals surface area contributed by atoms with E-state index in [0.29, 0.717) is 44.1 Å². The van der Waals surface area contributed by atoms with E-state index >= 15 is 0 Å². The molecule has 34 heavy (non-hydrogen) atoms. The molecule has 2 saturated heterocycles. The van der Waals surface area contributed by atoms with Gasteiger partial charge in [0.1, 0.15) is 5.65 Å². The maximum Gasteiger partial charge on any atom is 0.252 e. The summed E-state index contributed by atoms with van der Waals surface area (Å²) in [5.74, 6) is 0.497. The Morgan fingerprint density at radius 1 is 1.00 bits per heavy atom. The minimum Gasteiger partial charge on any atom is -0.351 e. The van der Waals surface area contributed by atoms with Gasteiger partial charge in [-0.3, -0.25) is 14.3 Å². The van der Waals surface area contributed by atoms with Gasteiger partial charge in [-0.1, -0.05) is 18.9 Å². The van der Waals surface area contributed by atoms with Crippen LogP contribution in [0.2, 0.25) is 0 Å². The van der Waals surface area contributed by atoms with E-state index in [9.17, 15) is 13.2 Å². The fourth-order valence-corrected chi connectivity index (χ4v) is 6.65. The van der Waals surface area contributed by atoms with Crippen LogP contribution in [0.25, 0.3) is 11.0 Å². The second-order valence-corrected chi connectivity index (χ2v) is 11.5. The minimum atomic E-state index is -3.39. The molecule has 1 N–H and O–H groups in total. The molecule has 0 radical (unpaired) electrons. The lowest BCUT2D eigenvalue weighted by molar-refractivity contribution is 0.332. The number of piperidine rings is 1. The first-order valence-electron chi connectivity index (χ1n) is 12.5. The molecule has 1 saturated carbocycles. The number of anilines is 1. The average molecular weight is 487 g/mol. The van der Waals surface area contributed by atoms with Crippen molar-refractivity contribution < 1.29 is 8.42 Å². The molecule has 2 aromatic rings. The van der Waals surface area contributed by atoms with Gasteiger partial charge in [0, 0.05) is 54.8 Å². The molecule has 10 heteroatoms. The number of fused-ring (bicyclic) bond motifs is 1. The van der Waals surface area contributed by atoms with Gasteiger partial charge in [0.05, 0.1) is 0 Å². The molecule has 3 fully saturated rings. The quantitative estimate of drug-likeness (QED) is 0.642. The Bertz CT molecular complexity index is 1190. The monoisotopic (exact) mass is 486 g/mol. The number of nitrogens with zero attached hydrogens (tertiary/aromatic N) is 5. The summed E-state index contributed by atoms with van der Waals surface area (Å²) in [6, 6.07) is 3.68. The molecule has 9 nitrogen and oxygen atoms in total. The van der Waals surface area contributed by atoms with E-state index in [1.807, 2.05) is 4.57 Å². The summed E-state index contributed by atoms with van der Waals surface area (Å²) >= 11 is 0. The lowest BCUT2D eigenvalue weighted by Crippen LogP contribution is -2.41. The Hall–Kier alpha value is -2.30. The van der Waals surface area contributed by atoms with E-state index < -0.39 is 10.0 Å². The molecule has 0 aromatic carbocycles. The van der Waals surface area contributed by atoms with Crippen molar-refractivity contribution in [2.24, 2.45) is 0 Å². The van der Waals surface area contributed by atoms with E-state index in [-0.39, 0.29) is 17.6 Å². The SMILES string of the molecule is O=c1ccc2cnc(NC3CCN(S(=O)(=O)/C=C/CN4CCCC4)CC3)nc2n1C1CCCC1. The van der Waals surface area contributed by atoms with Gasteiger partial charge in [-0.25, -0.2) is 13.4 Å². The molecule has 0 unspecified atom stereocenters. The first kappa shape index (κ1) is 23.4. The van der Waals surface area contributed by atoms with Gasteiger partial charge in [0.2, 0.25) is 16.0 Å². The molecule has 4 heterocycles.